The molecule has 0 saturated carbocycles. The lowest BCUT2D eigenvalue weighted by Crippen LogP contribution is -2.34. The van der Waals surface area contributed by atoms with Gasteiger partial charge in [-0.2, -0.15) is 5.10 Å². The Morgan fingerprint density at radius 3 is 2.73 bits per heavy atom. The number of dihydropyridines is 1. The van der Waals surface area contributed by atoms with Crippen molar-refractivity contribution in [1.82, 2.24) is 20.0 Å². The summed E-state index contributed by atoms with van der Waals surface area (Å²) in [5.74, 6) is 0.864. The fourth-order valence-corrected chi connectivity index (χ4v) is 3.64. The second kappa shape index (κ2) is 11.5. The van der Waals surface area contributed by atoms with E-state index in [9.17, 15) is 9.59 Å². The Morgan fingerprint density at radius 2 is 2.09 bits per heavy atom. The number of fused-ring (bicyclic) bond motifs is 1. The number of benzene rings is 1. The molecule has 2 aromatic rings. The van der Waals surface area contributed by atoms with Crippen LogP contribution in [0.3, 0.4) is 0 Å². The average molecular weight is 457 g/mol. The number of rotatable bonds is 12. The Bertz CT molecular complexity index is 1060. The second-order valence-corrected chi connectivity index (χ2v) is 7.69. The Morgan fingerprint density at radius 1 is 1.27 bits per heavy atom. The van der Waals surface area contributed by atoms with E-state index in [2.05, 4.69) is 17.3 Å². The zero-order chi connectivity index (χ0) is 23.8. The van der Waals surface area contributed by atoms with Gasteiger partial charge in [-0.05, 0) is 37.6 Å². The van der Waals surface area contributed by atoms with Crippen LogP contribution in [-0.4, -0.2) is 71.4 Å². The van der Waals surface area contributed by atoms with Crippen LogP contribution in [-0.2, 0) is 16.1 Å². The maximum atomic E-state index is 13.3. The predicted octanol–water partition coefficient (Wildman–Crippen LogP) is 2.26. The molecule has 178 valence electrons. The molecular weight excluding hydrogens is 424 g/mol. The second-order valence-electron chi connectivity index (χ2n) is 7.69. The van der Waals surface area contributed by atoms with Crippen LogP contribution in [0, 0.1) is 0 Å². The van der Waals surface area contributed by atoms with E-state index in [0.29, 0.717) is 46.9 Å². The zero-order valence-corrected chi connectivity index (χ0v) is 19.5. The number of Topliss-reactive ketones (excluding diaryl/α,β-unsaturated/α-hetero) is 1. The number of unbranched alkanes of at least 4 members (excludes halogenated alkanes) is 1. The number of aliphatic hydroxyl groups excluding tert-OH is 1. The summed E-state index contributed by atoms with van der Waals surface area (Å²) < 4.78 is 12.3. The quantitative estimate of drug-likeness (QED) is 0.472. The number of likely N-dealkylation sites (N-methyl/N-ethyl adjacent to an activating group) is 1. The number of aromatic nitrogens is 2. The van der Waals surface area contributed by atoms with Crippen molar-refractivity contribution < 1.29 is 24.2 Å². The van der Waals surface area contributed by atoms with E-state index >= 15 is 0 Å². The normalized spacial score (nSPS) is 13.2. The van der Waals surface area contributed by atoms with Crippen molar-refractivity contribution in [3.05, 3.63) is 47.5 Å². The molecule has 0 saturated heterocycles. The Hall–Kier alpha value is -3.33. The van der Waals surface area contributed by atoms with Crippen LogP contribution in [0.4, 0.5) is 0 Å². The van der Waals surface area contributed by atoms with Gasteiger partial charge in [0.1, 0.15) is 24.6 Å². The van der Waals surface area contributed by atoms with Gasteiger partial charge < -0.3 is 24.8 Å². The summed E-state index contributed by atoms with van der Waals surface area (Å²) in [7, 11) is 1.57. The lowest BCUT2D eigenvalue weighted by molar-refractivity contribution is -0.131. The number of carbonyl (C=O) groups excluding carboxylic acids is 2. The number of nitrogens with one attached hydrogen (secondary N) is 1. The van der Waals surface area contributed by atoms with Gasteiger partial charge in [-0.25, -0.2) is 0 Å². The van der Waals surface area contributed by atoms with Gasteiger partial charge >= 0.3 is 0 Å². The molecule has 1 aliphatic rings. The highest BCUT2D eigenvalue weighted by molar-refractivity contribution is 6.15. The highest BCUT2D eigenvalue weighted by Crippen LogP contribution is 2.26. The fraction of sp³-hybridized carbons (Fsp3) is 0.458. The minimum absolute atomic E-state index is 0.0377. The minimum Gasteiger partial charge on any atom is -0.497 e. The SMILES string of the molecule is CCCCN(CC)C(=O)Cn1nc(C(=O)C2=CC=C(OCCO)NC2)c2ccc(OC)cc21. The third-order valence-electron chi connectivity index (χ3n) is 5.50. The number of nitrogens with zero attached hydrogens (tertiary/aromatic N) is 3. The highest BCUT2D eigenvalue weighted by Gasteiger charge is 2.24. The lowest BCUT2D eigenvalue weighted by Gasteiger charge is -2.20. The van der Waals surface area contributed by atoms with Gasteiger partial charge in [-0.15, -0.1) is 0 Å². The van der Waals surface area contributed by atoms with Crippen molar-refractivity contribution in [2.75, 3.05) is 40.0 Å². The molecule has 0 radical (unpaired) electrons. The lowest BCUT2D eigenvalue weighted by atomic mass is 10.0. The Labute approximate surface area is 193 Å². The standard InChI is InChI=1S/C24H32N4O5/c1-4-6-11-27(5-2)22(30)16-28-20-14-18(32-3)8-9-19(20)23(26-28)24(31)17-7-10-21(25-15-17)33-13-12-29/h7-10,14,25,29H,4-6,11-13,15-16H2,1-3H3. The number of hydrogen-bond acceptors (Lipinski definition) is 7. The fourth-order valence-electron chi connectivity index (χ4n) is 3.64. The van der Waals surface area contributed by atoms with Crippen LogP contribution in [0.5, 0.6) is 5.75 Å². The number of hydrogen-bond donors (Lipinski definition) is 2. The van der Waals surface area contributed by atoms with Crippen LogP contribution < -0.4 is 10.1 Å². The van der Waals surface area contributed by atoms with E-state index in [-0.39, 0.29) is 38.0 Å². The molecule has 0 fully saturated rings. The highest BCUT2D eigenvalue weighted by atomic mass is 16.5. The summed E-state index contributed by atoms with van der Waals surface area (Å²) in [5, 5.41) is 17.1. The van der Waals surface area contributed by atoms with Crippen LogP contribution >= 0.6 is 0 Å². The molecule has 9 nitrogen and oxygen atoms in total. The molecule has 1 aromatic carbocycles. The third-order valence-corrected chi connectivity index (χ3v) is 5.50. The first-order chi connectivity index (χ1) is 16.0. The summed E-state index contributed by atoms with van der Waals surface area (Å²) in [5.41, 5.74) is 1.49. The van der Waals surface area contributed by atoms with Gasteiger partial charge in [-0.3, -0.25) is 14.3 Å². The molecule has 1 aliphatic heterocycles. The molecule has 0 atom stereocenters. The molecule has 9 heteroatoms. The third kappa shape index (κ3) is 5.73. The Kier molecular flexibility index (Phi) is 8.48. The van der Waals surface area contributed by atoms with E-state index in [0.717, 1.165) is 12.8 Å². The van der Waals surface area contributed by atoms with Crippen molar-refractivity contribution in [3.8, 4) is 5.75 Å². The van der Waals surface area contributed by atoms with Crippen LogP contribution in [0.15, 0.2) is 41.8 Å². The maximum Gasteiger partial charge on any atom is 0.244 e. The van der Waals surface area contributed by atoms with E-state index in [1.54, 1.807) is 42.1 Å². The van der Waals surface area contributed by atoms with E-state index in [1.807, 2.05) is 11.8 Å². The molecule has 0 bridgehead atoms. The number of allylic oxidation sites excluding steroid dienone is 2. The molecule has 33 heavy (non-hydrogen) atoms. The topological polar surface area (TPSA) is 106 Å². The number of carbonyl (C=O) groups is 2. The summed E-state index contributed by atoms with van der Waals surface area (Å²) in [6.45, 7) is 5.79. The van der Waals surface area contributed by atoms with Gasteiger partial charge in [-0.1, -0.05) is 13.3 Å². The summed E-state index contributed by atoms with van der Waals surface area (Å²) in [6, 6.07) is 5.37. The van der Waals surface area contributed by atoms with Gasteiger partial charge in [0.05, 0.1) is 19.2 Å². The molecule has 2 N–H and O–H groups in total. The summed E-state index contributed by atoms with van der Waals surface area (Å²) >= 11 is 0. The molecule has 1 aromatic heterocycles. The number of methoxy groups -OCH3 is 1. The largest absolute Gasteiger partial charge is 0.497 e. The molecular formula is C24H32N4O5. The first kappa shape index (κ1) is 24.3. The first-order valence-corrected chi connectivity index (χ1v) is 11.3. The predicted molar refractivity (Wildman–Crippen MR) is 125 cm³/mol. The van der Waals surface area contributed by atoms with Crippen molar-refractivity contribution in [2.45, 2.75) is 33.2 Å². The minimum atomic E-state index is -0.223. The van der Waals surface area contributed by atoms with Crippen molar-refractivity contribution in [3.63, 3.8) is 0 Å². The van der Waals surface area contributed by atoms with Gasteiger partial charge in [0.2, 0.25) is 11.7 Å². The molecule has 3 rings (SSSR count). The smallest absolute Gasteiger partial charge is 0.244 e. The molecule has 0 spiro atoms. The molecule has 2 heterocycles. The van der Waals surface area contributed by atoms with E-state index in [4.69, 9.17) is 14.6 Å². The van der Waals surface area contributed by atoms with Crippen molar-refractivity contribution in [2.24, 2.45) is 0 Å². The monoisotopic (exact) mass is 456 g/mol. The number of amides is 1. The molecule has 0 aliphatic carbocycles. The van der Waals surface area contributed by atoms with Crippen molar-refractivity contribution >= 4 is 22.6 Å². The summed E-state index contributed by atoms with van der Waals surface area (Å²) in [4.78, 5) is 28.0. The molecule has 0 unspecified atom stereocenters. The van der Waals surface area contributed by atoms with Gasteiger partial charge in [0.25, 0.3) is 0 Å². The van der Waals surface area contributed by atoms with Gasteiger partial charge in [0, 0.05) is 36.7 Å². The van der Waals surface area contributed by atoms with Crippen LogP contribution in [0.2, 0.25) is 0 Å². The maximum absolute atomic E-state index is 13.3. The summed E-state index contributed by atoms with van der Waals surface area (Å²) in [6.07, 6.45) is 5.30. The van der Waals surface area contributed by atoms with Crippen molar-refractivity contribution in [1.29, 1.82) is 0 Å². The Balaban J connectivity index is 1.92. The van der Waals surface area contributed by atoms with E-state index < -0.39 is 0 Å². The molecule has 1 amide bonds. The zero-order valence-electron chi connectivity index (χ0n) is 19.5. The van der Waals surface area contributed by atoms with Gasteiger partial charge in [0.15, 0.2) is 5.88 Å². The number of aliphatic hydroxyl groups is 1. The average Bonchev–Trinajstić information content (AvgIpc) is 3.20. The number of ketones is 1. The van der Waals surface area contributed by atoms with E-state index in [1.165, 1.54) is 0 Å². The number of ether oxygens (including phenoxy) is 2. The van der Waals surface area contributed by atoms with Crippen LogP contribution in [0.1, 0.15) is 37.2 Å². The van der Waals surface area contributed by atoms with Crippen LogP contribution in [0.25, 0.3) is 10.9 Å². The first-order valence-electron chi connectivity index (χ1n) is 11.3.